The summed E-state index contributed by atoms with van der Waals surface area (Å²) < 4.78 is 0.752. The lowest BCUT2D eigenvalue weighted by Crippen LogP contribution is -2.16. The van der Waals surface area contributed by atoms with Crippen LogP contribution < -0.4 is 11.1 Å². The minimum absolute atomic E-state index is 0.00409. The Morgan fingerprint density at radius 2 is 2.38 bits per heavy atom. The molecule has 5 heteroatoms. The summed E-state index contributed by atoms with van der Waals surface area (Å²) >= 11 is 3.23. The fourth-order valence-corrected chi connectivity index (χ4v) is 1.40. The number of hydrogen-bond donors (Lipinski definition) is 2. The second-order valence-corrected chi connectivity index (χ2v) is 4.61. The number of amides is 1. The van der Waals surface area contributed by atoms with Crippen molar-refractivity contribution < 1.29 is 4.79 Å². The first-order chi connectivity index (χ1) is 7.61. The van der Waals surface area contributed by atoms with Gasteiger partial charge in [-0.25, -0.2) is 4.98 Å². The lowest BCUT2D eigenvalue weighted by atomic mass is 10.1. The van der Waals surface area contributed by atoms with Crippen LogP contribution in [0, 0.1) is 5.92 Å². The van der Waals surface area contributed by atoms with Crippen molar-refractivity contribution in [1.82, 2.24) is 4.98 Å². The monoisotopic (exact) mass is 285 g/mol. The molecule has 88 valence electrons. The summed E-state index contributed by atoms with van der Waals surface area (Å²) in [6, 6.07) is 3.60. The lowest BCUT2D eigenvalue weighted by Gasteiger charge is -2.08. The van der Waals surface area contributed by atoms with Crippen molar-refractivity contribution in [2.45, 2.75) is 19.8 Å². The van der Waals surface area contributed by atoms with Gasteiger partial charge >= 0.3 is 0 Å². The number of carbonyl (C=O) groups excluding carboxylic acids is 1. The van der Waals surface area contributed by atoms with Gasteiger partial charge in [0.15, 0.2) is 0 Å². The molecule has 1 rings (SSSR count). The van der Waals surface area contributed by atoms with Crippen LogP contribution >= 0.6 is 15.9 Å². The smallest absolute Gasteiger partial charge is 0.224 e. The molecular weight excluding hydrogens is 270 g/mol. The van der Waals surface area contributed by atoms with Crippen LogP contribution in [0.5, 0.6) is 0 Å². The molecule has 16 heavy (non-hydrogen) atoms. The number of nitrogens with two attached hydrogens (primary N) is 1. The number of pyridine rings is 1. The highest BCUT2D eigenvalue weighted by atomic mass is 79.9. The maximum atomic E-state index is 11.5. The van der Waals surface area contributed by atoms with Gasteiger partial charge in [-0.15, -0.1) is 0 Å². The lowest BCUT2D eigenvalue weighted by molar-refractivity contribution is -0.116. The van der Waals surface area contributed by atoms with E-state index in [1.165, 1.54) is 0 Å². The first-order valence-electron chi connectivity index (χ1n) is 5.23. The Bertz CT molecular complexity index is 340. The molecule has 1 heterocycles. The van der Waals surface area contributed by atoms with Crippen molar-refractivity contribution in [2.75, 3.05) is 11.9 Å². The van der Waals surface area contributed by atoms with Crippen LogP contribution in [0.25, 0.3) is 0 Å². The number of hydrogen-bond acceptors (Lipinski definition) is 3. The van der Waals surface area contributed by atoms with E-state index in [2.05, 4.69) is 26.2 Å². The topological polar surface area (TPSA) is 68.0 Å². The highest BCUT2D eigenvalue weighted by Crippen LogP contribution is 2.11. The molecule has 0 bridgehead atoms. The maximum Gasteiger partial charge on any atom is 0.224 e. The fraction of sp³-hybridized carbons (Fsp3) is 0.455. The first-order valence-corrected chi connectivity index (χ1v) is 6.02. The number of aromatic nitrogens is 1. The molecule has 1 aromatic rings. The predicted molar refractivity (Wildman–Crippen MR) is 68.0 cm³/mol. The van der Waals surface area contributed by atoms with E-state index in [9.17, 15) is 4.79 Å². The zero-order chi connectivity index (χ0) is 12.0. The van der Waals surface area contributed by atoms with Gasteiger partial charge in [0.05, 0.1) is 11.9 Å². The molecule has 0 saturated carbocycles. The normalized spacial score (nSPS) is 12.2. The Labute approximate surface area is 104 Å². The van der Waals surface area contributed by atoms with Crippen molar-refractivity contribution >= 4 is 27.5 Å². The molecule has 0 spiro atoms. The quantitative estimate of drug-likeness (QED) is 0.815. The van der Waals surface area contributed by atoms with Crippen molar-refractivity contribution in [2.24, 2.45) is 11.7 Å². The summed E-state index contributed by atoms with van der Waals surface area (Å²) in [5.74, 6) is 0.387. The minimum atomic E-state index is 0.00409. The van der Waals surface area contributed by atoms with Gasteiger partial charge in [-0.05, 0) is 46.9 Å². The van der Waals surface area contributed by atoms with Crippen LogP contribution in [0.1, 0.15) is 19.8 Å². The van der Waals surface area contributed by atoms with E-state index in [1.54, 1.807) is 18.3 Å². The van der Waals surface area contributed by atoms with Crippen molar-refractivity contribution in [1.29, 1.82) is 0 Å². The van der Waals surface area contributed by atoms with Crippen LogP contribution in [-0.2, 0) is 4.79 Å². The van der Waals surface area contributed by atoms with Crippen molar-refractivity contribution in [3.8, 4) is 0 Å². The van der Waals surface area contributed by atoms with Crippen LogP contribution in [-0.4, -0.2) is 17.4 Å². The first kappa shape index (κ1) is 13.1. The SMILES string of the molecule is CC(CN)CCC(=O)Nc1ccc(Br)nc1. The molecule has 0 aliphatic rings. The second kappa shape index (κ2) is 6.60. The third kappa shape index (κ3) is 4.72. The number of nitrogens with one attached hydrogen (secondary N) is 1. The van der Waals surface area contributed by atoms with Crippen LogP contribution in [0.2, 0.25) is 0 Å². The summed E-state index contributed by atoms with van der Waals surface area (Å²) in [5, 5.41) is 2.79. The highest BCUT2D eigenvalue weighted by Gasteiger charge is 2.05. The molecule has 1 amide bonds. The Morgan fingerprint density at radius 1 is 1.62 bits per heavy atom. The summed E-state index contributed by atoms with van der Waals surface area (Å²) in [7, 11) is 0. The van der Waals surface area contributed by atoms with Gasteiger partial charge in [0.1, 0.15) is 4.60 Å². The zero-order valence-electron chi connectivity index (χ0n) is 9.24. The third-order valence-corrected chi connectivity index (χ3v) is 2.75. The van der Waals surface area contributed by atoms with E-state index in [-0.39, 0.29) is 5.91 Å². The largest absolute Gasteiger partial charge is 0.330 e. The molecule has 0 aromatic carbocycles. The summed E-state index contributed by atoms with van der Waals surface area (Å²) in [5.41, 5.74) is 6.20. The molecule has 1 atom stereocenters. The Hall–Kier alpha value is -0.940. The summed E-state index contributed by atoms with van der Waals surface area (Å²) in [6.07, 6.45) is 2.93. The Kier molecular flexibility index (Phi) is 5.42. The molecule has 3 N–H and O–H groups in total. The van der Waals surface area contributed by atoms with E-state index >= 15 is 0 Å². The van der Waals surface area contributed by atoms with Crippen molar-refractivity contribution in [3.63, 3.8) is 0 Å². The molecule has 0 saturated heterocycles. The van der Waals surface area contributed by atoms with Gasteiger partial charge in [0.2, 0.25) is 5.91 Å². The molecule has 0 aliphatic carbocycles. The maximum absolute atomic E-state index is 11.5. The van der Waals surface area contributed by atoms with Gasteiger partial charge in [0, 0.05) is 6.42 Å². The van der Waals surface area contributed by atoms with Crippen LogP contribution in [0.4, 0.5) is 5.69 Å². The Morgan fingerprint density at radius 3 is 2.94 bits per heavy atom. The fourth-order valence-electron chi connectivity index (χ4n) is 1.17. The average Bonchev–Trinajstić information content (AvgIpc) is 2.29. The molecule has 0 aliphatic heterocycles. The molecule has 4 nitrogen and oxygen atoms in total. The number of nitrogens with zero attached hydrogens (tertiary/aromatic N) is 1. The minimum Gasteiger partial charge on any atom is -0.330 e. The van der Waals surface area contributed by atoms with Gasteiger partial charge in [-0.3, -0.25) is 4.79 Å². The molecule has 0 radical (unpaired) electrons. The summed E-state index contributed by atoms with van der Waals surface area (Å²) in [4.78, 5) is 15.6. The summed E-state index contributed by atoms with van der Waals surface area (Å²) in [6.45, 7) is 2.65. The molecule has 1 unspecified atom stereocenters. The predicted octanol–water partition coefficient (Wildman–Crippen LogP) is 2.16. The molecule has 1 aromatic heterocycles. The third-order valence-electron chi connectivity index (χ3n) is 2.28. The van der Waals surface area contributed by atoms with E-state index in [1.807, 2.05) is 6.92 Å². The highest BCUT2D eigenvalue weighted by molar-refractivity contribution is 9.10. The number of carbonyl (C=O) groups is 1. The number of halogens is 1. The van der Waals surface area contributed by atoms with Gasteiger partial charge in [-0.1, -0.05) is 6.92 Å². The van der Waals surface area contributed by atoms with Gasteiger partial charge in [0.25, 0.3) is 0 Å². The van der Waals surface area contributed by atoms with Crippen molar-refractivity contribution in [3.05, 3.63) is 22.9 Å². The van der Waals surface area contributed by atoms with Crippen LogP contribution in [0.3, 0.4) is 0 Å². The second-order valence-electron chi connectivity index (χ2n) is 3.80. The van der Waals surface area contributed by atoms with E-state index in [4.69, 9.17) is 5.73 Å². The molecule has 0 fully saturated rings. The van der Waals surface area contributed by atoms with E-state index in [0.717, 1.165) is 11.0 Å². The van der Waals surface area contributed by atoms with E-state index < -0.39 is 0 Å². The standard InChI is InChI=1S/C11H16BrN3O/c1-8(6-13)2-5-11(16)15-9-3-4-10(12)14-7-9/h3-4,7-8H,2,5-6,13H2,1H3,(H,15,16). The Balaban J connectivity index is 2.37. The average molecular weight is 286 g/mol. The zero-order valence-corrected chi connectivity index (χ0v) is 10.8. The number of anilines is 1. The van der Waals surface area contributed by atoms with E-state index in [0.29, 0.717) is 24.6 Å². The molecular formula is C11H16BrN3O. The van der Waals surface area contributed by atoms with Gasteiger partial charge in [-0.2, -0.15) is 0 Å². The van der Waals surface area contributed by atoms with Gasteiger partial charge < -0.3 is 11.1 Å². The van der Waals surface area contributed by atoms with Crippen LogP contribution in [0.15, 0.2) is 22.9 Å². The number of rotatable bonds is 5.